The predicted molar refractivity (Wildman–Crippen MR) is 100 cm³/mol. The van der Waals surface area contributed by atoms with Crippen LogP contribution in [0.5, 0.6) is 5.75 Å². The Kier molecular flexibility index (Phi) is 5.42. The van der Waals surface area contributed by atoms with Crippen LogP contribution in [0.15, 0.2) is 48.7 Å². The summed E-state index contributed by atoms with van der Waals surface area (Å²) in [6.07, 6.45) is 1.65. The van der Waals surface area contributed by atoms with Crippen LogP contribution in [0.2, 0.25) is 0 Å². The van der Waals surface area contributed by atoms with Crippen molar-refractivity contribution in [3.05, 3.63) is 65.4 Å². The van der Waals surface area contributed by atoms with Gasteiger partial charge in [-0.15, -0.1) is 0 Å². The van der Waals surface area contributed by atoms with Gasteiger partial charge in [-0.2, -0.15) is 0 Å². The van der Waals surface area contributed by atoms with E-state index >= 15 is 0 Å². The van der Waals surface area contributed by atoms with Gasteiger partial charge in [-0.3, -0.25) is 4.79 Å². The standard InChI is InChI=1S/C20H20N2O5/c21-8-7-14-11-22-17-6-5-15(9-16(14)17)27-18(10-19(23)24)12-1-3-13(4-2-12)20(25)26/h1-6,9,11,18,22H,7-8,10,21H2,(H,23,24)(H,25,26). The smallest absolute Gasteiger partial charge is 0.335 e. The second kappa shape index (κ2) is 7.92. The Balaban J connectivity index is 1.89. The van der Waals surface area contributed by atoms with Crippen LogP contribution in [0, 0.1) is 0 Å². The van der Waals surface area contributed by atoms with Crippen LogP contribution < -0.4 is 10.5 Å². The molecule has 3 rings (SSSR count). The summed E-state index contributed by atoms with van der Waals surface area (Å²) in [4.78, 5) is 25.4. The molecule has 1 atom stereocenters. The molecule has 0 aliphatic carbocycles. The fourth-order valence-corrected chi connectivity index (χ4v) is 2.98. The minimum atomic E-state index is -1.04. The molecular weight excluding hydrogens is 348 g/mol. The summed E-state index contributed by atoms with van der Waals surface area (Å²) in [7, 11) is 0. The third-order valence-electron chi connectivity index (χ3n) is 4.32. The maximum absolute atomic E-state index is 11.3. The molecular formula is C20H20N2O5. The summed E-state index contributed by atoms with van der Waals surface area (Å²) in [6, 6.07) is 11.5. The molecule has 7 nitrogen and oxygen atoms in total. The molecule has 140 valence electrons. The number of nitrogens with one attached hydrogen (secondary N) is 1. The Morgan fingerprint density at radius 1 is 1.11 bits per heavy atom. The Morgan fingerprint density at radius 2 is 1.85 bits per heavy atom. The Bertz CT molecular complexity index is 962. The van der Waals surface area contributed by atoms with Gasteiger partial charge in [0.25, 0.3) is 0 Å². The molecule has 5 N–H and O–H groups in total. The van der Waals surface area contributed by atoms with E-state index in [1.165, 1.54) is 12.1 Å². The largest absolute Gasteiger partial charge is 0.485 e. The van der Waals surface area contributed by atoms with Gasteiger partial charge in [-0.05, 0) is 54.4 Å². The number of aromatic amines is 1. The van der Waals surface area contributed by atoms with Crippen molar-refractivity contribution in [3.8, 4) is 5.75 Å². The van der Waals surface area contributed by atoms with E-state index in [0.29, 0.717) is 17.9 Å². The fraction of sp³-hybridized carbons (Fsp3) is 0.200. The molecule has 2 aromatic carbocycles. The van der Waals surface area contributed by atoms with Crippen molar-refractivity contribution in [3.63, 3.8) is 0 Å². The van der Waals surface area contributed by atoms with Crippen LogP contribution in [0.25, 0.3) is 10.9 Å². The number of benzene rings is 2. The molecule has 0 radical (unpaired) electrons. The number of carboxylic acids is 2. The van der Waals surface area contributed by atoms with Crippen LogP contribution in [-0.2, 0) is 11.2 Å². The summed E-state index contributed by atoms with van der Waals surface area (Å²) in [5.41, 5.74) is 8.39. The van der Waals surface area contributed by atoms with Crippen molar-refractivity contribution in [1.29, 1.82) is 0 Å². The van der Waals surface area contributed by atoms with E-state index in [0.717, 1.165) is 22.9 Å². The highest BCUT2D eigenvalue weighted by Crippen LogP contribution is 2.29. The first-order chi connectivity index (χ1) is 13.0. The average Bonchev–Trinajstić information content (AvgIpc) is 3.03. The molecule has 1 aromatic heterocycles. The molecule has 0 amide bonds. The third-order valence-corrected chi connectivity index (χ3v) is 4.32. The minimum absolute atomic E-state index is 0.132. The highest BCUT2D eigenvalue weighted by Gasteiger charge is 2.19. The SMILES string of the molecule is NCCc1c[nH]c2ccc(OC(CC(=O)O)c3ccc(C(=O)O)cc3)cc12. The Labute approximate surface area is 155 Å². The van der Waals surface area contributed by atoms with Crippen LogP contribution in [0.3, 0.4) is 0 Å². The van der Waals surface area contributed by atoms with Crippen LogP contribution >= 0.6 is 0 Å². The van der Waals surface area contributed by atoms with Gasteiger partial charge in [0.05, 0.1) is 12.0 Å². The number of aromatic nitrogens is 1. The first kappa shape index (κ1) is 18.5. The summed E-state index contributed by atoms with van der Waals surface area (Å²) in [5, 5.41) is 19.2. The Hall–Kier alpha value is -3.32. The summed E-state index contributed by atoms with van der Waals surface area (Å²) < 4.78 is 5.95. The van der Waals surface area contributed by atoms with E-state index in [4.69, 9.17) is 15.6 Å². The van der Waals surface area contributed by atoms with Gasteiger partial charge in [-0.1, -0.05) is 12.1 Å². The number of carbonyl (C=O) groups is 2. The highest BCUT2D eigenvalue weighted by molar-refractivity contribution is 5.87. The van der Waals surface area contributed by atoms with Crippen molar-refractivity contribution in [2.75, 3.05) is 6.54 Å². The second-order valence-corrected chi connectivity index (χ2v) is 6.19. The number of hydrogen-bond donors (Lipinski definition) is 4. The number of aromatic carboxylic acids is 1. The lowest BCUT2D eigenvalue weighted by atomic mass is 10.0. The molecule has 1 unspecified atom stereocenters. The molecule has 7 heteroatoms. The van der Waals surface area contributed by atoms with E-state index < -0.39 is 18.0 Å². The predicted octanol–water partition coefficient (Wildman–Crippen LogP) is 2.96. The van der Waals surface area contributed by atoms with E-state index in [9.17, 15) is 14.7 Å². The lowest BCUT2D eigenvalue weighted by molar-refractivity contribution is -0.138. The molecule has 0 bridgehead atoms. The monoisotopic (exact) mass is 368 g/mol. The van der Waals surface area contributed by atoms with E-state index in [-0.39, 0.29) is 12.0 Å². The number of H-pyrrole nitrogens is 1. The Morgan fingerprint density at radius 3 is 2.48 bits per heavy atom. The first-order valence-corrected chi connectivity index (χ1v) is 8.49. The maximum Gasteiger partial charge on any atom is 0.335 e. The van der Waals surface area contributed by atoms with Crippen LogP contribution in [0.4, 0.5) is 0 Å². The van der Waals surface area contributed by atoms with Gasteiger partial charge in [-0.25, -0.2) is 4.79 Å². The van der Waals surface area contributed by atoms with Crippen molar-refractivity contribution in [1.82, 2.24) is 4.98 Å². The molecule has 0 aliphatic heterocycles. The van der Waals surface area contributed by atoms with E-state index in [2.05, 4.69) is 4.98 Å². The highest BCUT2D eigenvalue weighted by atomic mass is 16.5. The molecule has 3 aromatic rings. The first-order valence-electron chi connectivity index (χ1n) is 8.49. The molecule has 1 heterocycles. The van der Waals surface area contributed by atoms with E-state index in [1.54, 1.807) is 18.2 Å². The zero-order valence-electron chi connectivity index (χ0n) is 14.5. The van der Waals surface area contributed by atoms with Crippen molar-refractivity contribution in [2.24, 2.45) is 5.73 Å². The number of hydrogen-bond acceptors (Lipinski definition) is 4. The third kappa shape index (κ3) is 4.27. The zero-order chi connectivity index (χ0) is 19.4. The van der Waals surface area contributed by atoms with Crippen LogP contribution in [-0.4, -0.2) is 33.7 Å². The molecule has 0 saturated heterocycles. The molecule has 0 fully saturated rings. The molecule has 0 aliphatic rings. The maximum atomic E-state index is 11.3. The average molecular weight is 368 g/mol. The zero-order valence-corrected chi connectivity index (χ0v) is 14.5. The van der Waals surface area contributed by atoms with Gasteiger partial charge < -0.3 is 25.7 Å². The second-order valence-electron chi connectivity index (χ2n) is 6.19. The van der Waals surface area contributed by atoms with Crippen molar-refractivity contribution >= 4 is 22.8 Å². The minimum Gasteiger partial charge on any atom is -0.485 e. The molecule has 27 heavy (non-hydrogen) atoms. The number of aliphatic carboxylic acids is 1. The van der Waals surface area contributed by atoms with Gasteiger partial charge in [0.2, 0.25) is 0 Å². The van der Waals surface area contributed by atoms with Crippen molar-refractivity contribution in [2.45, 2.75) is 18.9 Å². The van der Waals surface area contributed by atoms with Gasteiger partial charge in [0.1, 0.15) is 11.9 Å². The lowest BCUT2D eigenvalue weighted by Crippen LogP contribution is -2.13. The fourth-order valence-electron chi connectivity index (χ4n) is 2.98. The van der Waals surface area contributed by atoms with Gasteiger partial charge in [0.15, 0.2) is 0 Å². The van der Waals surface area contributed by atoms with Crippen LogP contribution in [0.1, 0.15) is 34.0 Å². The normalized spacial score (nSPS) is 12.0. The molecule has 0 saturated carbocycles. The summed E-state index contributed by atoms with van der Waals surface area (Å²) >= 11 is 0. The summed E-state index contributed by atoms with van der Waals surface area (Å²) in [6.45, 7) is 0.523. The quantitative estimate of drug-likeness (QED) is 0.484. The number of rotatable bonds is 8. The van der Waals surface area contributed by atoms with Gasteiger partial charge in [0, 0.05) is 17.1 Å². The topological polar surface area (TPSA) is 126 Å². The number of nitrogens with two attached hydrogens (primary N) is 1. The number of fused-ring (bicyclic) bond motifs is 1. The number of carboxylic acid groups (broad SMARTS) is 2. The lowest BCUT2D eigenvalue weighted by Gasteiger charge is -2.18. The van der Waals surface area contributed by atoms with Gasteiger partial charge >= 0.3 is 11.9 Å². The van der Waals surface area contributed by atoms with E-state index in [1.807, 2.05) is 18.3 Å². The number of ether oxygens (including phenoxy) is 1. The van der Waals surface area contributed by atoms with Crippen molar-refractivity contribution < 1.29 is 24.5 Å². The molecule has 0 spiro atoms. The summed E-state index contributed by atoms with van der Waals surface area (Å²) in [5.74, 6) is -1.51.